The molecule has 0 aliphatic heterocycles. The van der Waals surface area contributed by atoms with Gasteiger partial charge >= 0.3 is 0 Å². The number of aryl methyl sites for hydroxylation is 1. The van der Waals surface area contributed by atoms with Crippen molar-refractivity contribution in [1.29, 1.82) is 0 Å². The monoisotopic (exact) mass is 318 g/mol. The molecule has 2 heterocycles. The van der Waals surface area contributed by atoms with Crippen molar-refractivity contribution in [3.8, 4) is 0 Å². The number of rotatable bonds is 5. The molecule has 22 heavy (non-hydrogen) atoms. The first-order valence-corrected chi connectivity index (χ1v) is 9.19. The molecule has 2 aromatic rings. The second-order valence-corrected chi connectivity index (χ2v) is 7.50. The molecule has 0 aromatic carbocycles. The van der Waals surface area contributed by atoms with E-state index in [1.807, 2.05) is 0 Å². The molecule has 0 radical (unpaired) electrons. The van der Waals surface area contributed by atoms with Gasteiger partial charge in [-0.2, -0.15) is 0 Å². The molecular weight excluding hydrogens is 292 g/mol. The maximum Gasteiger partial charge on any atom is 0.138 e. The quantitative estimate of drug-likeness (QED) is 0.911. The van der Waals surface area contributed by atoms with Crippen LogP contribution in [0.2, 0.25) is 0 Å². The average Bonchev–Trinajstić information content (AvgIpc) is 2.97. The van der Waals surface area contributed by atoms with Gasteiger partial charge in [0.1, 0.15) is 16.5 Å². The molecule has 1 saturated carbocycles. The minimum atomic E-state index is 0.557. The molecule has 4 nitrogen and oxygen atoms in total. The van der Waals surface area contributed by atoms with Crippen LogP contribution in [0.25, 0.3) is 10.2 Å². The first-order valence-electron chi connectivity index (χ1n) is 8.31. The van der Waals surface area contributed by atoms with Crippen LogP contribution in [0, 0.1) is 5.92 Å². The zero-order chi connectivity index (χ0) is 15.5. The number of nitrogens with one attached hydrogen (secondary N) is 1. The van der Waals surface area contributed by atoms with Crippen LogP contribution in [0.15, 0.2) is 11.4 Å². The van der Waals surface area contributed by atoms with Crippen molar-refractivity contribution in [2.45, 2.75) is 45.1 Å². The topological polar surface area (TPSA) is 41.1 Å². The SMILES string of the molecule is CCc1nc(NC2CCC(CN(C)C)CC2)c2ccsc2n1. The minimum Gasteiger partial charge on any atom is -0.367 e. The molecule has 0 saturated heterocycles. The molecule has 1 fully saturated rings. The summed E-state index contributed by atoms with van der Waals surface area (Å²) in [5.74, 6) is 2.84. The first-order chi connectivity index (χ1) is 10.7. The van der Waals surface area contributed by atoms with Gasteiger partial charge < -0.3 is 10.2 Å². The number of aromatic nitrogens is 2. The number of anilines is 1. The molecule has 1 aliphatic carbocycles. The normalized spacial score (nSPS) is 22.4. The summed E-state index contributed by atoms with van der Waals surface area (Å²) >= 11 is 1.70. The van der Waals surface area contributed by atoms with Crippen LogP contribution in [-0.4, -0.2) is 41.5 Å². The number of thiophene rings is 1. The van der Waals surface area contributed by atoms with Crippen molar-refractivity contribution < 1.29 is 0 Å². The second kappa shape index (κ2) is 6.92. The van der Waals surface area contributed by atoms with Crippen LogP contribution in [0.4, 0.5) is 5.82 Å². The van der Waals surface area contributed by atoms with Gasteiger partial charge in [-0.1, -0.05) is 6.92 Å². The summed E-state index contributed by atoms with van der Waals surface area (Å²) in [7, 11) is 4.34. The highest BCUT2D eigenvalue weighted by Gasteiger charge is 2.22. The van der Waals surface area contributed by atoms with Crippen LogP contribution in [-0.2, 0) is 6.42 Å². The molecule has 120 valence electrons. The van der Waals surface area contributed by atoms with Gasteiger partial charge in [0, 0.05) is 19.0 Å². The minimum absolute atomic E-state index is 0.557. The van der Waals surface area contributed by atoms with Crippen LogP contribution < -0.4 is 5.32 Å². The van der Waals surface area contributed by atoms with Crippen molar-refractivity contribution in [3.63, 3.8) is 0 Å². The van der Waals surface area contributed by atoms with E-state index in [-0.39, 0.29) is 0 Å². The molecule has 0 atom stereocenters. The molecule has 0 amide bonds. The Hall–Kier alpha value is -1.20. The summed E-state index contributed by atoms with van der Waals surface area (Å²) < 4.78 is 0. The summed E-state index contributed by atoms with van der Waals surface area (Å²) in [6, 6.07) is 2.69. The third-order valence-electron chi connectivity index (χ3n) is 4.50. The van der Waals surface area contributed by atoms with E-state index in [0.717, 1.165) is 28.8 Å². The van der Waals surface area contributed by atoms with Crippen molar-refractivity contribution >= 4 is 27.4 Å². The lowest BCUT2D eigenvalue weighted by atomic mass is 9.86. The number of fused-ring (bicyclic) bond motifs is 1. The maximum absolute atomic E-state index is 4.73. The van der Waals surface area contributed by atoms with E-state index in [2.05, 4.69) is 47.7 Å². The molecular formula is C17H26N4S. The third-order valence-corrected chi connectivity index (χ3v) is 5.31. The highest BCUT2D eigenvalue weighted by atomic mass is 32.1. The summed E-state index contributed by atoms with van der Waals surface area (Å²) in [6.07, 6.45) is 6.01. The number of hydrogen-bond donors (Lipinski definition) is 1. The molecule has 1 N–H and O–H groups in total. The molecule has 0 spiro atoms. The molecule has 1 aliphatic rings. The van der Waals surface area contributed by atoms with Crippen LogP contribution in [0.1, 0.15) is 38.4 Å². The van der Waals surface area contributed by atoms with E-state index >= 15 is 0 Å². The van der Waals surface area contributed by atoms with E-state index in [0.29, 0.717) is 6.04 Å². The predicted octanol–water partition coefficient (Wildman–Crippen LogP) is 3.79. The van der Waals surface area contributed by atoms with E-state index in [9.17, 15) is 0 Å². The van der Waals surface area contributed by atoms with Crippen molar-refractivity contribution in [1.82, 2.24) is 14.9 Å². The lowest BCUT2D eigenvalue weighted by molar-refractivity contribution is 0.255. The smallest absolute Gasteiger partial charge is 0.138 e. The molecule has 0 unspecified atom stereocenters. The lowest BCUT2D eigenvalue weighted by Crippen LogP contribution is -2.31. The maximum atomic E-state index is 4.73. The Bertz CT molecular complexity index is 614. The standard InChI is InChI=1S/C17H26N4S/c1-4-15-19-16(14-9-10-22-17(14)20-15)18-13-7-5-12(6-8-13)11-21(2)3/h9-10,12-13H,4-8,11H2,1-3H3,(H,18,19,20). The molecule has 0 bridgehead atoms. The van der Waals surface area contributed by atoms with Gasteiger partial charge in [-0.05, 0) is 57.1 Å². The molecule has 3 rings (SSSR count). The van der Waals surface area contributed by atoms with Crippen molar-refractivity contribution in [2.75, 3.05) is 26.0 Å². The van der Waals surface area contributed by atoms with E-state index in [4.69, 9.17) is 4.98 Å². The van der Waals surface area contributed by atoms with Crippen LogP contribution in [0.3, 0.4) is 0 Å². The van der Waals surface area contributed by atoms with Gasteiger partial charge in [0.2, 0.25) is 0 Å². The molecule has 2 aromatic heterocycles. The summed E-state index contributed by atoms with van der Waals surface area (Å²) in [5, 5.41) is 6.99. The Morgan fingerprint density at radius 1 is 1.23 bits per heavy atom. The Labute approximate surface area is 137 Å². The van der Waals surface area contributed by atoms with E-state index < -0.39 is 0 Å². The fraction of sp³-hybridized carbons (Fsp3) is 0.647. The Kier molecular flexibility index (Phi) is 4.93. The Balaban J connectivity index is 1.68. The largest absolute Gasteiger partial charge is 0.367 e. The van der Waals surface area contributed by atoms with Crippen molar-refractivity contribution in [3.05, 3.63) is 17.3 Å². The third kappa shape index (κ3) is 3.58. The lowest BCUT2D eigenvalue weighted by Gasteiger charge is -2.31. The second-order valence-electron chi connectivity index (χ2n) is 6.61. The van der Waals surface area contributed by atoms with E-state index in [1.54, 1.807) is 11.3 Å². The average molecular weight is 318 g/mol. The van der Waals surface area contributed by atoms with Crippen molar-refractivity contribution in [2.24, 2.45) is 5.92 Å². The van der Waals surface area contributed by atoms with Gasteiger partial charge in [-0.15, -0.1) is 11.3 Å². The van der Waals surface area contributed by atoms with Gasteiger partial charge in [0.05, 0.1) is 5.39 Å². The number of hydrogen-bond acceptors (Lipinski definition) is 5. The van der Waals surface area contributed by atoms with Gasteiger partial charge in [0.15, 0.2) is 0 Å². The Morgan fingerprint density at radius 2 is 2.00 bits per heavy atom. The van der Waals surface area contributed by atoms with Gasteiger partial charge in [-0.3, -0.25) is 0 Å². The van der Waals surface area contributed by atoms with Gasteiger partial charge in [-0.25, -0.2) is 9.97 Å². The van der Waals surface area contributed by atoms with Crippen LogP contribution in [0.5, 0.6) is 0 Å². The summed E-state index contributed by atoms with van der Waals surface area (Å²) in [5.41, 5.74) is 0. The fourth-order valence-corrected chi connectivity index (χ4v) is 4.15. The highest BCUT2D eigenvalue weighted by molar-refractivity contribution is 7.16. The van der Waals surface area contributed by atoms with Crippen LogP contribution >= 0.6 is 11.3 Å². The zero-order valence-electron chi connectivity index (χ0n) is 13.8. The first kappa shape index (κ1) is 15.7. The van der Waals surface area contributed by atoms with Gasteiger partial charge in [0.25, 0.3) is 0 Å². The summed E-state index contributed by atoms with van der Waals surface area (Å²) in [6.45, 7) is 3.33. The fourth-order valence-electron chi connectivity index (χ4n) is 3.37. The molecule has 5 heteroatoms. The van der Waals surface area contributed by atoms with E-state index in [1.165, 1.54) is 37.6 Å². The number of nitrogens with zero attached hydrogens (tertiary/aromatic N) is 3. The Morgan fingerprint density at radius 3 is 2.68 bits per heavy atom. The zero-order valence-corrected chi connectivity index (χ0v) is 14.6. The highest BCUT2D eigenvalue weighted by Crippen LogP contribution is 2.30. The predicted molar refractivity (Wildman–Crippen MR) is 94.7 cm³/mol. The summed E-state index contributed by atoms with van der Waals surface area (Å²) in [4.78, 5) is 12.8.